The van der Waals surface area contributed by atoms with Crippen molar-refractivity contribution in [1.29, 1.82) is 0 Å². The average molecular weight is 276 g/mol. The van der Waals surface area contributed by atoms with Gasteiger partial charge in [0.1, 0.15) is 0 Å². The molecule has 0 radical (unpaired) electrons. The molecule has 3 unspecified atom stereocenters. The lowest BCUT2D eigenvalue weighted by Crippen LogP contribution is -2.59. The Morgan fingerprint density at radius 2 is 1.79 bits per heavy atom. The summed E-state index contributed by atoms with van der Waals surface area (Å²) in [5.74, 6) is 0. The molecule has 0 aromatic rings. The molecule has 116 valence electrons. The van der Waals surface area contributed by atoms with Crippen LogP contribution in [-0.2, 0) is 9.47 Å². The Bertz CT molecular complexity index is 231. The molecule has 0 bridgehead atoms. The zero-order chi connectivity index (χ0) is 15.1. The van der Waals surface area contributed by atoms with Crippen molar-refractivity contribution in [3.8, 4) is 0 Å². The van der Waals surface area contributed by atoms with E-state index in [2.05, 4.69) is 32.6 Å². The van der Waals surface area contributed by atoms with Gasteiger partial charge in [0.25, 0.3) is 0 Å². The summed E-state index contributed by atoms with van der Waals surface area (Å²) in [5, 5.41) is 9.74. The Hall–Kier alpha value is -0.200. The first-order chi connectivity index (χ1) is 8.79. The Morgan fingerprint density at radius 1 is 1.21 bits per heavy atom. The summed E-state index contributed by atoms with van der Waals surface area (Å²) in [6.45, 7) is 10.4. The van der Waals surface area contributed by atoms with Crippen molar-refractivity contribution >= 4 is 0 Å². The Balaban J connectivity index is 4.95. The van der Waals surface area contributed by atoms with Gasteiger partial charge in [-0.2, -0.15) is 0 Å². The molecule has 5 nitrogen and oxygen atoms in total. The average Bonchev–Trinajstić information content (AvgIpc) is 2.32. The van der Waals surface area contributed by atoms with E-state index in [9.17, 15) is 5.11 Å². The minimum Gasteiger partial charge on any atom is -0.395 e. The van der Waals surface area contributed by atoms with E-state index in [1.807, 2.05) is 0 Å². The largest absolute Gasteiger partial charge is 0.395 e. The normalized spacial score (nSPS) is 17.5. The molecule has 0 aromatic carbocycles. The first kappa shape index (κ1) is 18.8. The van der Waals surface area contributed by atoms with Gasteiger partial charge in [-0.1, -0.05) is 20.8 Å². The van der Waals surface area contributed by atoms with Crippen molar-refractivity contribution in [3.05, 3.63) is 0 Å². The van der Waals surface area contributed by atoms with Crippen LogP contribution in [0.25, 0.3) is 0 Å². The van der Waals surface area contributed by atoms with Crippen LogP contribution in [0, 0.1) is 5.41 Å². The molecule has 0 aromatic heterocycles. The van der Waals surface area contributed by atoms with Gasteiger partial charge in [-0.25, -0.2) is 0 Å². The second kappa shape index (κ2) is 8.87. The van der Waals surface area contributed by atoms with Crippen molar-refractivity contribution in [3.63, 3.8) is 0 Å². The molecule has 0 fully saturated rings. The highest BCUT2D eigenvalue weighted by Gasteiger charge is 2.34. The van der Waals surface area contributed by atoms with Crippen molar-refractivity contribution in [2.24, 2.45) is 11.1 Å². The number of hydrogen-bond donors (Lipinski definition) is 2. The molecule has 0 aliphatic rings. The standard InChI is InChI=1S/C14H32N2O3/c1-11(10-19-6)16(7-8-18-5)12(9-17)13(15)14(2,3)4/h11-13,17H,7-10,15H2,1-6H3. The van der Waals surface area contributed by atoms with Crippen molar-refractivity contribution in [2.75, 3.05) is 40.6 Å². The lowest BCUT2D eigenvalue weighted by Gasteiger charge is -2.42. The summed E-state index contributed by atoms with van der Waals surface area (Å²) in [6, 6.07) is -0.0281. The van der Waals surface area contributed by atoms with Crippen LogP contribution in [0.1, 0.15) is 27.7 Å². The minimum atomic E-state index is -0.117. The molecule has 0 aliphatic carbocycles. The zero-order valence-electron chi connectivity index (χ0n) is 13.3. The highest BCUT2D eigenvalue weighted by atomic mass is 16.5. The lowest BCUT2D eigenvalue weighted by molar-refractivity contribution is 0.00292. The van der Waals surface area contributed by atoms with Crippen LogP contribution in [0.4, 0.5) is 0 Å². The van der Waals surface area contributed by atoms with Gasteiger partial charge >= 0.3 is 0 Å². The maximum absolute atomic E-state index is 9.74. The molecule has 0 saturated heterocycles. The van der Waals surface area contributed by atoms with Crippen LogP contribution in [0.5, 0.6) is 0 Å². The number of nitrogens with zero attached hydrogens (tertiary/aromatic N) is 1. The molecule has 3 atom stereocenters. The van der Waals surface area contributed by atoms with E-state index in [4.69, 9.17) is 15.2 Å². The van der Waals surface area contributed by atoms with Crippen LogP contribution in [-0.4, -0.2) is 68.7 Å². The second-order valence-corrected chi connectivity index (χ2v) is 6.18. The fourth-order valence-corrected chi connectivity index (χ4v) is 2.25. The summed E-state index contributed by atoms with van der Waals surface area (Å²) in [7, 11) is 3.36. The van der Waals surface area contributed by atoms with E-state index in [-0.39, 0.29) is 30.1 Å². The third-order valence-electron chi connectivity index (χ3n) is 3.56. The third kappa shape index (κ3) is 6.19. The van der Waals surface area contributed by atoms with Gasteiger partial charge in [0.05, 0.1) is 19.8 Å². The Morgan fingerprint density at radius 3 is 2.16 bits per heavy atom. The lowest BCUT2D eigenvalue weighted by atomic mass is 9.82. The Labute approximate surface area is 118 Å². The maximum Gasteiger partial charge on any atom is 0.0615 e. The summed E-state index contributed by atoms with van der Waals surface area (Å²) in [4.78, 5) is 2.18. The summed E-state index contributed by atoms with van der Waals surface area (Å²) >= 11 is 0. The van der Waals surface area contributed by atoms with Gasteiger partial charge in [0.15, 0.2) is 0 Å². The van der Waals surface area contributed by atoms with Gasteiger partial charge in [0.2, 0.25) is 0 Å². The smallest absolute Gasteiger partial charge is 0.0615 e. The highest BCUT2D eigenvalue weighted by Crippen LogP contribution is 2.23. The summed E-state index contributed by atoms with van der Waals surface area (Å²) in [5.41, 5.74) is 6.26. The molecular formula is C14H32N2O3. The molecule has 0 saturated carbocycles. The second-order valence-electron chi connectivity index (χ2n) is 6.18. The number of aliphatic hydroxyl groups excluding tert-OH is 1. The van der Waals surface area contributed by atoms with Crippen molar-refractivity contribution in [1.82, 2.24) is 4.90 Å². The van der Waals surface area contributed by atoms with E-state index in [1.165, 1.54) is 0 Å². The molecule has 19 heavy (non-hydrogen) atoms. The van der Waals surface area contributed by atoms with Gasteiger partial charge in [-0.15, -0.1) is 0 Å². The minimum absolute atomic E-state index is 0.0379. The first-order valence-corrected chi connectivity index (χ1v) is 6.89. The van der Waals surface area contributed by atoms with E-state index in [0.717, 1.165) is 6.54 Å². The first-order valence-electron chi connectivity index (χ1n) is 6.89. The quantitative estimate of drug-likeness (QED) is 0.649. The van der Waals surface area contributed by atoms with Gasteiger partial charge in [-0.05, 0) is 12.3 Å². The number of ether oxygens (including phenoxy) is 2. The summed E-state index contributed by atoms with van der Waals surface area (Å²) < 4.78 is 10.4. The van der Waals surface area contributed by atoms with Gasteiger partial charge in [-0.3, -0.25) is 4.90 Å². The fraction of sp³-hybridized carbons (Fsp3) is 1.00. The monoisotopic (exact) mass is 276 g/mol. The SMILES string of the molecule is COCCN(C(C)COC)C(CO)C(N)C(C)(C)C. The highest BCUT2D eigenvalue weighted by molar-refractivity contribution is 4.91. The topological polar surface area (TPSA) is 68.0 Å². The predicted octanol–water partition coefficient (Wildman–Crippen LogP) is 0.704. The van der Waals surface area contributed by atoms with Crippen molar-refractivity contribution in [2.45, 2.75) is 45.8 Å². The van der Waals surface area contributed by atoms with Crippen LogP contribution in [0.3, 0.4) is 0 Å². The maximum atomic E-state index is 9.74. The summed E-state index contributed by atoms with van der Waals surface area (Å²) in [6.07, 6.45) is 0. The van der Waals surface area contributed by atoms with Crippen LogP contribution < -0.4 is 5.73 Å². The van der Waals surface area contributed by atoms with E-state index >= 15 is 0 Å². The van der Waals surface area contributed by atoms with E-state index in [1.54, 1.807) is 14.2 Å². The van der Waals surface area contributed by atoms with Crippen LogP contribution in [0.15, 0.2) is 0 Å². The molecule has 0 aliphatic heterocycles. The van der Waals surface area contributed by atoms with E-state index < -0.39 is 0 Å². The molecule has 0 heterocycles. The van der Waals surface area contributed by atoms with Crippen molar-refractivity contribution < 1.29 is 14.6 Å². The molecule has 0 rings (SSSR count). The molecule has 0 spiro atoms. The molecule has 3 N–H and O–H groups in total. The molecule has 0 amide bonds. The van der Waals surface area contributed by atoms with Crippen LogP contribution in [0.2, 0.25) is 0 Å². The predicted molar refractivity (Wildman–Crippen MR) is 78.2 cm³/mol. The van der Waals surface area contributed by atoms with Gasteiger partial charge in [0, 0.05) is 38.9 Å². The number of methoxy groups -OCH3 is 2. The third-order valence-corrected chi connectivity index (χ3v) is 3.56. The number of hydrogen-bond acceptors (Lipinski definition) is 5. The number of nitrogens with two attached hydrogens (primary N) is 1. The number of aliphatic hydroxyl groups is 1. The fourth-order valence-electron chi connectivity index (χ4n) is 2.25. The zero-order valence-corrected chi connectivity index (χ0v) is 13.3. The van der Waals surface area contributed by atoms with E-state index in [0.29, 0.717) is 13.2 Å². The van der Waals surface area contributed by atoms with Gasteiger partial charge < -0.3 is 20.3 Å². The van der Waals surface area contributed by atoms with Crippen LogP contribution >= 0.6 is 0 Å². The Kier molecular flexibility index (Phi) is 8.78. The number of rotatable bonds is 9. The molecular weight excluding hydrogens is 244 g/mol. The molecule has 5 heteroatoms.